The zero-order valence-electron chi connectivity index (χ0n) is 16.0. The lowest BCUT2D eigenvalue weighted by Gasteiger charge is -2.11. The summed E-state index contributed by atoms with van der Waals surface area (Å²) < 4.78 is 33.8. The number of fused-ring (bicyclic) bond motifs is 1. The van der Waals surface area contributed by atoms with Crippen LogP contribution in [0.25, 0.3) is 22.2 Å². The standard InChI is InChI=1S/C22H19N3O4S/c1-14(26)29-17-11-9-15(10-12-17)21-22(19-7-2-3-8-20(19)24-21)25-30(27,28)18-6-4-5-16(23)13-18/h2-13,24-25H,23H2,1H3. The maximum atomic E-state index is 13.0. The summed E-state index contributed by atoms with van der Waals surface area (Å²) in [5.74, 6) is -0.00630. The van der Waals surface area contributed by atoms with Crippen LogP contribution in [-0.2, 0) is 14.8 Å². The van der Waals surface area contributed by atoms with Crippen LogP contribution in [0.1, 0.15) is 6.92 Å². The molecule has 0 bridgehead atoms. The van der Waals surface area contributed by atoms with Gasteiger partial charge in [0.05, 0.1) is 16.3 Å². The predicted molar refractivity (Wildman–Crippen MR) is 117 cm³/mol. The molecule has 0 saturated heterocycles. The molecule has 8 heteroatoms. The number of benzene rings is 3. The minimum absolute atomic E-state index is 0.0731. The molecule has 0 fully saturated rings. The van der Waals surface area contributed by atoms with E-state index in [1.54, 1.807) is 36.4 Å². The molecule has 0 aliphatic rings. The number of hydrogen-bond acceptors (Lipinski definition) is 5. The van der Waals surface area contributed by atoms with Crippen LogP contribution in [0.5, 0.6) is 5.75 Å². The molecule has 7 nitrogen and oxygen atoms in total. The Bertz CT molecular complexity index is 1340. The molecule has 0 amide bonds. The Balaban J connectivity index is 1.80. The summed E-state index contributed by atoms with van der Waals surface area (Å²) in [6, 6.07) is 20.3. The van der Waals surface area contributed by atoms with Crippen molar-refractivity contribution in [1.82, 2.24) is 4.98 Å². The monoisotopic (exact) mass is 421 g/mol. The first-order valence-corrected chi connectivity index (χ1v) is 10.6. The van der Waals surface area contributed by atoms with Crippen molar-refractivity contribution >= 4 is 38.3 Å². The molecule has 1 heterocycles. The van der Waals surface area contributed by atoms with E-state index in [9.17, 15) is 13.2 Å². The normalized spacial score (nSPS) is 11.4. The smallest absolute Gasteiger partial charge is 0.308 e. The molecule has 0 aliphatic heterocycles. The number of anilines is 2. The van der Waals surface area contributed by atoms with Gasteiger partial charge in [-0.25, -0.2) is 8.42 Å². The van der Waals surface area contributed by atoms with Crippen molar-refractivity contribution < 1.29 is 17.9 Å². The molecule has 4 aromatic rings. The lowest BCUT2D eigenvalue weighted by atomic mass is 10.1. The molecule has 1 aromatic heterocycles. The van der Waals surface area contributed by atoms with Crippen LogP contribution in [0.3, 0.4) is 0 Å². The number of hydrogen-bond donors (Lipinski definition) is 3. The number of carbonyl (C=O) groups excluding carboxylic acids is 1. The first-order valence-electron chi connectivity index (χ1n) is 9.11. The van der Waals surface area contributed by atoms with E-state index in [0.29, 0.717) is 22.8 Å². The molecule has 4 N–H and O–H groups in total. The van der Waals surface area contributed by atoms with E-state index < -0.39 is 16.0 Å². The van der Waals surface area contributed by atoms with Crippen molar-refractivity contribution in [2.24, 2.45) is 0 Å². The Morgan fingerprint density at radius 1 is 1.00 bits per heavy atom. The van der Waals surface area contributed by atoms with Gasteiger partial charge in [0.15, 0.2) is 0 Å². The van der Waals surface area contributed by atoms with E-state index in [1.165, 1.54) is 19.1 Å². The molecule has 30 heavy (non-hydrogen) atoms. The molecular formula is C22H19N3O4S. The highest BCUT2D eigenvalue weighted by molar-refractivity contribution is 7.92. The zero-order chi connectivity index (χ0) is 21.3. The lowest BCUT2D eigenvalue weighted by Crippen LogP contribution is -2.13. The number of H-pyrrole nitrogens is 1. The number of carbonyl (C=O) groups is 1. The van der Waals surface area contributed by atoms with Gasteiger partial charge < -0.3 is 15.5 Å². The zero-order valence-corrected chi connectivity index (χ0v) is 16.9. The molecular weight excluding hydrogens is 402 g/mol. The minimum Gasteiger partial charge on any atom is -0.427 e. The number of esters is 1. The van der Waals surface area contributed by atoms with Crippen LogP contribution in [0, 0.1) is 0 Å². The van der Waals surface area contributed by atoms with E-state index in [-0.39, 0.29) is 4.90 Å². The van der Waals surface area contributed by atoms with Crippen molar-refractivity contribution in [3.8, 4) is 17.0 Å². The molecule has 0 radical (unpaired) electrons. The lowest BCUT2D eigenvalue weighted by molar-refractivity contribution is -0.131. The highest BCUT2D eigenvalue weighted by Crippen LogP contribution is 2.37. The van der Waals surface area contributed by atoms with Crippen LogP contribution in [0.4, 0.5) is 11.4 Å². The largest absolute Gasteiger partial charge is 0.427 e. The van der Waals surface area contributed by atoms with Crippen molar-refractivity contribution in [1.29, 1.82) is 0 Å². The SMILES string of the molecule is CC(=O)Oc1ccc(-c2[nH]c3ccccc3c2NS(=O)(=O)c2cccc(N)c2)cc1. The highest BCUT2D eigenvalue weighted by Gasteiger charge is 2.21. The molecule has 152 valence electrons. The first-order chi connectivity index (χ1) is 14.3. The Morgan fingerprint density at radius 2 is 1.73 bits per heavy atom. The molecule has 0 saturated carbocycles. The van der Waals surface area contributed by atoms with Crippen LogP contribution in [0.15, 0.2) is 77.7 Å². The topological polar surface area (TPSA) is 114 Å². The number of aromatic nitrogens is 1. The molecule has 0 unspecified atom stereocenters. The van der Waals surface area contributed by atoms with Crippen LogP contribution >= 0.6 is 0 Å². The van der Waals surface area contributed by atoms with Crippen LogP contribution in [-0.4, -0.2) is 19.4 Å². The van der Waals surface area contributed by atoms with Crippen LogP contribution < -0.4 is 15.2 Å². The summed E-state index contributed by atoms with van der Waals surface area (Å²) in [7, 11) is -3.87. The van der Waals surface area contributed by atoms with Gasteiger partial charge in [-0.05, 0) is 48.5 Å². The van der Waals surface area contributed by atoms with Crippen molar-refractivity contribution in [3.63, 3.8) is 0 Å². The van der Waals surface area contributed by atoms with Gasteiger partial charge in [0, 0.05) is 29.1 Å². The fourth-order valence-corrected chi connectivity index (χ4v) is 4.34. The number of ether oxygens (including phenoxy) is 1. The number of sulfonamides is 1. The summed E-state index contributed by atoms with van der Waals surface area (Å²) in [4.78, 5) is 14.5. The maximum Gasteiger partial charge on any atom is 0.308 e. The Morgan fingerprint density at radius 3 is 2.43 bits per heavy atom. The van der Waals surface area contributed by atoms with Crippen molar-refractivity contribution in [2.45, 2.75) is 11.8 Å². The second kappa shape index (κ2) is 7.57. The van der Waals surface area contributed by atoms with E-state index in [2.05, 4.69) is 9.71 Å². The summed E-state index contributed by atoms with van der Waals surface area (Å²) in [5.41, 5.74) is 8.64. The number of aromatic amines is 1. The average Bonchev–Trinajstić information content (AvgIpc) is 3.06. The molecule has 0 spiro atoms. The summed E-state index contributed by atoms with van der Waals surface area (Å²) in [6.45, 7) is 1.33. The molecule has 0 atom stereocenters. The van der Waals surface area contributed by atoms with Gasteiger partial charge in [0.25, 0.3) is 10.0 Å². The van der Waals surface area contributed by atoms with Gasteiger partial charge in [0.2, 0.25) is 0 Å². The number of nitrogen functional groups attached to an aromatic ring is 1. The number of nitrogens with two attached hydrogens (primary N) is 1. The van der Waals surface area contributed by atoms with Crippen molar-refractivity contribution in [2.75, 3.05) is 10.5 Å². The van der Waals surface area contributed by atoms with Gasteiger partial charge in [-0.2, -0.15) is 0 Å². The Hall–Kier alpha value is -3.78. The van der Waals surface area contributed by atoms with E-state index in [4.69, 9.17) is 10.5 Å². The predicted octanol–water partition coefficient (Wildman–Crippen LogP) is 4.14. The minimum atomic E-state index is -3.87. The van der Waals surface area contributed by atoms with Crippen LogP contribution in [0.2, 0.25) is 0 Å². The fraction of sp³-hybridized carbons (Fsp3) is 0.0455. The maximum absolute atomic E-state index is 13.0. The second-order valence-electron chi connectivity index (χ2n) is 6.72. The third kappa shape index (κ3) is 3.85. The summed E-state index contributed by atoms with van der Waals surface area (Å²) in [5, 5.41) is 0.726. The van der Waals surface area contributed by atoms with Gasteiger partial charge >= 0.3 is 5.97 Å². The summed E-state index contributed by atoms with van der Waals surface area (Å²) >= 11 is 0. The first kappa shape index (κ1) is 19.5. The van der Waals surface area contributed by atoms with Crippen molar-refractivity contribution in [3.05, 3.63) is 72.8 Å². The second-order valence-corrected chi connectivity index (χ2v) is 8.40. The fourth-order valence-electron chi connectivity index (χ4n) is 3.20. The third-order valence-corrected chi connectivity index (χ3v) is 5.86. The van der Waals surface area contributed by atoms with Gasteiger partial charge in [-0.15, -0.1) is 0 Å². The average molecular weight is 421 g/mol. The number of para-hydroxylation sites is 1. The Labute approximate surface area is 173 Å². The highest BCUT2D eigenvalue weighted by atomic mass is 32.2. The molecule has 4 rings (SSSR count). The quantitative estimate of drug-likeness (QED) is 0.254. The number of rotatable bonds is 5. The van der Waals surface area contributed by atoms with Gasteiger partial charge in [-0.1, -0.05) is 24.3 Å². The van der Waals surface area contributed by atoms with Gasteiger partial charge in [0.1, 0.15) is 5.75 Å². The number of nitrogens with one attached hydrogen (secondary N) is 2. The third-order valence-electron chi connectivity index (χ3n) is 4.52. The van der Waals surface area contributed by atoms with E-state index in [1.807, 2.05) is 24.3 Å². The van der Waals surface area contributed by atoms with E-state index in [0.717, 1.165) is 16.5 Å². The van der Waals surface area contributed by atoms with Gasteiger partial charge in [-0.3, -0.25) is 9.52 Å². The van der Waals surface area contributed by atoms with E-state index >= 15 is 0 Å². The molecule has 3 aromatic carbocycles. The summed E-state index contributed by atoms with van der Waals surface area (Å²) in [6.07, 6.45) is 0. The Kier molecular flexibility index (Phi) is 4.93. The molecule has 0 aliphatic carbocycles.